The molecular weight excluding hydrogens is 813 g/mol. The van der Waals surface area contributed by atoms with Crippen LogP contribution in [0.2, 0.25) is 0 Å². The van der Waals surface area contributed by atoms with Crippen LogP contribution < -0.4 is 4.90 Å². The third kappa shape index (κ3) is 6.67. The molecule has 0 saturated heterocycles. The van der Waals surface area contributed by atoms with Gasteiger partial charge in [0, 0.05) is 38.8 Å². The number of fused-ring (bicyclic) bond motifs is 7. The summed E-state index contributed by atoms with van der Waals surface area (Å²) in [4.78, 5) is 2.38. The van der Waals surface area contributed by atoms with E-state index in [1.54, 1.807) is 0 Å². The number of hydrogen-bond donors (Lipinski definition) is 0. The van der Waals surface area contributed by atoms with Crippen molar-refractivity contribution in [3.8, 4) is 50.2 Å². The highest BCUT2D eigenvalue weighted by Gasteiger charge is 2.23. The molecule has 0 amide bonds. The van der Waals surface area contributed by atoms with Crippen LogP contribution in [-0.4, -0.2) is 4.57 Å². The van der Waals surface area contributed by atoms with Crippen molar-refractivity contribution in [1.82, 2.24) is 4.57 Å². The van der Waals surface area contributed by atoms with Crippen LogP contribution in [0.3, 0.4) is 0 Å². The minimum Gasteiger partial charge on any atom is -0.455 e. The molecule has 13 aromatic rings. The molecule has 2 heterocycles. The average molecular weight is 855 g/mol. The Bertz CT molecular complexity index is 3900. The number of anilines is 3. The molecule has 13 rings (SSSR count). The van der Waals surface area contributed by atoms with E-state index < -0.39 is 0 Å². The summed E-state index contributed by atoms with van der Waals surface area (Å²) >= 11 is 0. The molecule has 0 aliphatic carbocycles. The van der Waals surface area contributed by atoms with Crippen LogP contribution in [0.5, 0.6) is 0 Å². The lowest BCUT2D eigenvalue weighted by atomic mass is 9.98. The van der Waals surface area contributed by atoms with E-state index in [1.165, 1.54) is 60.4 Å². The van der Waals surface area contributed by atoms with Gasteiger partial charge in [-0.2, -0.15) is 0 Å². The molecule has 314 valence electrons. The van der Waals surface area contributed by atoms with E-state index in [4.69, 9.17) is 4.42 Å². The highest BCUT2D eigenvalue weighted by molar-refractivity contribution is 6.17. The highest BCUT2D eigenvalue weighted by atomic mass is 16.3. The monoisotopic (exact) mass is 854 g/mol. The molecule has 0 saturated carbocycles. The van der Waals surface area contributed by atoms with Crippen molar-refractivity contribution in [2.24, 2.45) is 0 Å². The minimum absolute atomic E-state index is 0.852. The number of furan rings is 1. The zero-order valence-corrected chi connectivity index (χ0v) is 36.6. The Hall–Kier alpha value is -8.92. The summed E-state index contributed by atoms with van der Waals surface area (Å²) < 4.78 is 9.35. The zero-order chi connectivity index (χ0) is 44.3. The quantitative estimate of drug-likeness (QED) is 0.152. The molecule has 67 heavy (non-hydrogen) atoms. The predicted molar refractivity (Wildman–Crippen MR) is 282 cm³/mol. The second-order valence-electron chi connectivity index (χ2n) is 17.3. The van der Waals surface area contributed by atoms with Gasteiger partial charge in [-0.05, 0) is 123 Å². The Balaban J connectivity index is 0.958. The summed E-state index contributed by atoms with van der Waals surface area (Å²) in [5.41, 5.74) is 17.6. The van der Waals surface area contributed by atoms with Crippen molar-refractivity contribution in [2.45, 2.75) is 0 Å². The van der Waals surface area contributed by atoms with Gasteiger partial charge < -0.3 is 13.9 Å². The molecule has 0 bridgehead atoms. The van der Waals surface area contributed by atoms with Crippen molar-refractivity contribution in [2.75, 3.05) is 4.90 Å². The summed E-state index contributed by atoms with van der Waals surface area (Å²) in [7, 11) is 0. The predicted octanol–water partition coefficient (Wildman–Crippen LogP) is 18.0. The lowest BCUT2D eigenvalue weighted by Crippen LogP contribution is -2.10. The molecule has 0 radical (unpaired) electrons. The lowest BCUT2D eigenvalue weighted by molar-refractivity contribution is 0.670. The molecule has 0 unspecified atom stereocenters. The Morgan fingerprint density at radius 2 is 0.836 bits per heavy atom. The van der Waals surface area contributed by atoms with Crippen LogP contribution in [-0.2, 0) is 0 Å². The van der Waals surface area contributed by atoms with E-state index in [0.29, 0.717) is 0 Å². The van der Waals surface area contributed by atoms with Crippen LogP contribution in [0.25, 0.3) is 105 Å². The Kier molecular flexibility index (Phi) is 9.17. The molecule has 0 atom stereocenters. The van der Waals surface area contributed by atoms with Crippen LogP contribution in [0.15, 0.2) is 259 Å². The maximum absolute atomic E-state index is 6.97. The van der Waals surface area contributed by atoms with E-state index in [0.717, 1.165) is 61.4 Å². The van der Waals surface area contributed by atoms with E-state index in [9.17, 15) is 0 Å². The van der Waals surface area contributed by atoms with Gasteiger partial charge in [-0.25, -0.2) is 0 Å². The van der Waals surface area contributed by atoms with E-state index in [-0.39, 0.29) is 0 Å². The minimum atomic E-state index is 0.852. The number of para-hydroxylation sites is 3. The van der Waals surface area contributed by atoms with Gasteiger partial charge in [0.1, 0.15) is 11.2 Å². The third-order valence-corrected chi connectivity index (χ3v) is 13.4. The fourth-order valence-electron chi connectivity index (χ4n) is 10.1. The topological polar surface area (TPSA) is 21.3 Å². The van der Waals surface area contributed by atoms with Crippen LogP contribution in [0.1, 0.15) is 0 Å². The SMILES string of the molecule is c1ccc(-c2ccc(-c3ccc(N(c4ccc(-c5ccc6ccccc6c5)cc4)c4ccc(-c5cccc(-n6c7ccccc7c7ccccc76)c5)c5oc6ccccc6c45)cc3)cc2)cc1. The fraction of sp³-hybridized carbons (Fsp3) is 0. The van der Waals surface area contributed by atoms with Crippen molar-refractivity contribution in [3.63, 3.8) is 0 Å². The van der Waals surface area contributed by atoms with Crippen molar-refractivity contribution < 1.29 is 4.42 Å². The van der Waals surface area contributed by atoms with Gasteiger partial charge in [-0.15, -0.1) is 0 Å². The summed E-state index contributed by atoms with van der Waals surface area (Å²) in [6, 6.07) is 91.8. The summed E-state index contributed by atoms with van der Waals surface area (Å²) in [6.07, 6.45) is 0. The van der Waals surface area contributed by atoms with Gasteiger partial charge in [-0.1, -0.05) is 182 Å². The zero-order valence-electron chi connectivity index (χ0n) is 36.6. The highest BCUT2D eigenvalue weighted by Crippen LogP contribution is 2.47. The van der Waals surface area contributed by atoms with Crippen molar-refractivity contribution in [1.29, 1.82) is 0 Å². The van der Waals surface area contributed by atoms with Crippen LogP contribution in [0.4, 0.5) is 17.1 Å². The number of rotatable bonds is 8. The van der Waals surface area contributed by atoms with Crippen LogP contribution in [0, 0.1) is 0 Å². The summed E-state index contributed by atoms with van der Waals surface area (Å²) in [5, 5.41) is 7.09. The first-order valence-corrected chi connectivity index (χ1v) is 22.9. The normalized spacial score (nSPS) is 11.6. The second-order valence-corrected chi connectivity index (χ2v) is 17.3. The Labute approximate surface area is 388 Å². The molecule has 0 N–H and O–H groups in total. The molecule has 11 aromatic carbocycles. The Morgan fingerprint density at radius 1 is 0.328 bits per heavy atom. The number of nitrogens with zero attached hydrogens (tertiary/aromatic N) is 2. The Morgan fingerprint density at radius 3 is 1.51 bits per heavy atom. The first kappa shape index (κ1) is 38.5. The molecule has 0 aliphatic rings. The first-order chi connectivity index (χ1) is 33.2. The fourth-order valence-corrected chi connectivity index (χ4v) is 10.1. The van der Waals surface area contributed by atoms with Gasteiger partial charge >= 0.3 is 0 Å². The number of aromatic nitrogens is 1. The number of hydrogen-bond acceptors (Lipinski definition) is 2. The third-order valence-electron chi connectivity index (χ3n) is 13.4. The average Bonchev–Trinajstić information content (AvgIpc) is 3.96. The first-order valence-electron chi connectivity index (χ1n) is 22.9. The van der Waals surface area contributed by atoms with E-state index >= 15 is 0 Å². The lowest BCUT2D eigenvalue weighted by Gasteiger charge is -2.27. The van der Waals surface area contributed by atoms with Crippen molar-refractivity contribution in [3.05, 3.63) is 255 Å². The van der Waals surface area contributed by atoms with Gasteiger partial charge in [-0.3, -0.25) is 0 Å². The molecule has 0 fully saturated rings. The molecule has 3 heteroatoms. The molecule has 2 aromatic heterocycles. The van der Waals surface area contributed by atoms with Crippen molar-refractivity contribution >= 4 is 71.6 Å². The van der Waals surface area contributed by atoms with E-state index in [1.807, 2.05) is 0 Å². The smallest absolute Gasteiger partial charge is 0.145 e. The maximum atomic E-state index is 6.97. The van der Waals surface area contributed by atoms with Gasteiger partial charge in [0.15, 0.2) is 0 Å². The molecule has 3 nitrogen and oxygen atoms in total. The number of benzene rings is 11. The van der Waals surface area contributed by atoms with Gasteiger partial charge in [0.05, 0.1) is 22.1 Å². The summed E-state index contributed by atoms with van der Waals surface area (Å²) in [6.45, 7) is 0. The maximum Gasteiger partial charge on any atom is 0.145 e. The van der Waals surface area contributed by atoms with Gasteiger partial charge in [0.2, 0.25) is 0 Å². The van der Waals surface area contributed by atoms with Crippen LogP contribution >= 0.6 is 0 Å². The molecule has 0 spiro atoms. The van der Waals surface area contributed by atoms with E-state index in [2.05, 4.69) is 264 Å². The standard InChI is InChI=1S/C64H42N2O/c1-2-13-43(14-3-1)45-25-27-46(28-26-45)47-31-35-52(36-32-47)65(53-37-33-48(34-38-53)50-30-29-44-15-4-5-16-49(44)41-50)61-40-39-55(64-63(61)58-21-8-11-24-62(58)67-64)51-17-12-18-54(42-51)66-59-22-9-6-19-56(59)57-20-7-10-23-60(57)66/h1-42H. The molecule has 0 aliphatic heterocycles. The second kappa shape index (κ2) is 16.0. The summed E-state index contributed by atoms with van der Waals surface area (Å²) in [5.74, 6) is 0. The largest absolute Gasteiger partial charge is 0.455 e. The van der Waals surface area contributed by atoms with Gasteiger partial charge in [0.25, 0.3) is 0 Å². The molecular formula is C64H42N2O.